The molecule has 7 heteroatoms. The van der Waals surface area contributed by atoms with Crippen molar-refractivity contribution in [2.45, 2.75) is 13.8 Å². The number of hydrogen-bond donors (Lipinski definition) is 2. The average molecular weight is 365 g/mol. The summed E-state index contributed by atoms with van der Waals surface area (Å²) in [4.78, 5) is 12.6. The zero-order valence-electron chi connectivity index (χ0n) is 15.0. The van der Waals surface area contributed by atoms with Crippen LogP contribution in [0.3, 0.4) is 0 Å². The number of aromatic nitrogens is 1. The Morgan fingerprint density at radius 1 is 1.26 bits per heavy atom. The summed E-state index contributed by atoms with van der Waals surface area (Å²) in [6.45, 7) is 3.92. The summed E-state index contributed by atoms with van der Waals surface area (Å²) in [7, 11) is 0. The van der Waals surface area contributed by atoms with Crippen molar-refractivity contribution < 1.29 is 19.2 Å². The quantitative estimate of drug-likeness (QED) is 0.515. The van der Waals surface area contributed by atoms with Crippen LogP contribution in [0, 0.1) is 6.92 Å². The van der Waals surface area contributed by atoms with Crippen LogP contribution in [0.15, 0.2) is 58.2 Å². The Morgan fingerprint density at radius 3 is 2.78 bits per heavy atom. The summed E-state index contributed by atoms with van der Waals surface area (Å²) in [5.74, 6) is 0.254. The van der Waals surface area contributed by atoms with E-state index < -0.39 is 5.91 Å². The summed E-state index contributed by atoms with van der Waals surface area (Å²) in [6, 6.07) is 14.3. The second kappa shape index (κ2) is 8.18. The van der Waals surface area contributed by atoms with Gasteiger partial charge in [-0.2, -0.15) is 5.10 Å². The first-order valence-corrected chi connectivity index (χ1v) is 8.41. The fourth-order valence-corrected chi connectivity index (χ4v) is 2.56. The number of phenolic OH excluding ortho intramolecular Hbond substituents is 1. The third-order valence-corrected chi connectivity index (χ3v) is 3.84. The van der Waals surface area contributed by atoms with Crippen molar-refractivity contribution in [1.29, 1.82) is 0 Å². The van der Waals surface area contributed by atoms with E-state index in [1.165, 1.54) is 6.21 Å². The van der Waals surface area contributed by atoms with Gasteiger partial charge in [0.05, 0.1) is 12.8 Å². The number of aromatic hydroxyl groups is 1. The van der Waals surface area contributed by atoms with Crippen LogP contribution in [-0.4, -0.2) is 29.0 Å². The van der Waals surface area contributed by atoms with E-state index in [0.29, 0.717) is 34.9 Å². The second-order valence-corrected chi connectivity index (χ2v) is 5.65. The maximum atomic E-state index is 12.6. The first kappa shape index (κ1) is 18.2. The number of aryl methyl sites for hydroxylation is 1. The molecule has 3 aromatic rings. The minimum absolute atomic E-state index is 0.0384. The van der Waals surface area contributed by atoms with Crippen molar-refractivity contribution in [1.82, 2.24) is 10.6 Å². The molecule has 0 radical (unpaired) electrons. The van der Waals surface area contributed by atoms with Gasteiger partial charge in [0.1, 0.15) is 17.0 Å². The van der Waals surface area contributed by atoms with E-state index >= 15 is 0 Å². The molecular formula is C20H19N3O4. The van der Waals surface area contributed by atoms with E-state index in [1.54, 1.807) is 25.1 Å². The number of para-hydroxylation sites is 1. The molecule has 0 saturated heterocycles. The van der Waals surface area contributed by atoms with Gasteiger partial charge in [0, 0.05) is 11.1 Å². The Kier molecular flexibility index (Phi) is 5.51. The number of hydrogen-bond acceptors (Lipinski definition) is 6. The van der Waals surface area contributed by atoms with Crippen LogP contribution in [0.4, 0.5) is 0 Å². The van der Waals surface area contributed by atoms with Crippen molar-refractivity contribution in [3.8, 4) is 22.8 Å². The number of phenols is 1. The summed E-state index contributed by atoms with van der Waals surface area (Å²) < 4.78 is 10.5. The number of ether oxygens (including phenoxy) is 1. The first-order chi connectivity index (χ1) is 13.1. The van der Waals surface area contributed by atoms with E-state index in [4.69, 9.17) is 9.26 Å². The number of hydrazone groups is 1. The highest BCUT2D eigenvalue weighted by atomic mass is 16.5. The van der Waals surface area contributed by atoms with Crippen LogP contribution in [0.5, 0.6) is 11.5 Å². The molecule has 0 bridgehead atoms. The number of nitrogens with zero attached hydrogens (tertiary/aromatic N) is 2. The number of nitrogens with one attached hydrogen (secondary N) is 1. The zero-order valence-corrected chi connectivity index (χ0v) is 15.0. The highest BCUT2D eigenvalue weighted by Gasteiger charge is 2.21. The van der Waals surface area contributed by atoms with Crippen molar-refractivity contribution in [2.24, 2.45) is 5.10 Å². The Balaban J connectivity index is 1.79. The molecule has 2 aromatic carbocycles. The number of rotatable bonds is 6. The molecular weight excluding hydrogens is 346 g/mol. The van der Waals surface area contributed by atoms with Crippen LogP contribution in [-0.2, 0) is 0 Å². The van der Waals surface area contributed by atoms with Gasteiger partial charge in [-0.05, 0) is 26.0 Å². The highest BCUT2D eigenvalue weighted by molar-refractivity contribution is 6.01. The molecule has 1 aromatic heterocycles. The molecule has 2 N–H and O–H groups in total. The van der Waals surface area contributed by atoms with Gasteiger partial charge < -0.3 is 14.4 Å². The summed E-state index contributed by atoms with van der Waals surface area (Å²) in [6.07, 6.45) is 1.35. The summed E-state index contributed by atoms with van der Waals surface area (Å²) in [5, 5.41) is 18.1. The zero-order chi connectivity index (χ0) is 19.2. The number of carbonyl (C=O) groups is 1. The van der Waals surface area contributed by atoms with E-state index in [1.807, 2.05) is 37.3 Å². The van der Waals surface area contributed by atoms with E-state index in [9.17, 15) is 9.90 Å². The monoisotopic (exact) mass is 365 g/mol. The van der Waals surface area contributed by atoms with Crippen LogP contribution in [0.25, 0.3) is 11.3 Å². The van der Waals surface area contributed by atoms with Gasteiger partial charge in [0.15, 0.2) is 11.5 Å². The molecule has 0 atom stereocenters. The van der Waals surface area contributed by atoms with Gasteiger partial charge in [0.2, 0.25) is 0 Å². The highest BCUT2D eigenvalue weighted by Crippen LogP contribution is 2.28. The van der Waals surface area contributed by atoms with Gasteiger partial charge in [-0.1, -0.05) is 41.6 Å². The normalized spacial score (nSPS) is 10.9. The first-order valence-electron chi connectivity index (χ1n) is 8.41. The second-order valence-electron chi connectivity index (χ2n) is 5.65. The molecule has 0 fully saturated rings. The summed E-state index contributed by atoms with van der Waals surface area (Å²) in [5.41, 5.74) is 4.39. The number of carbonyl (C=O) groups excluding carboxylic acids is 1. The van der Waals surface area contributed by atoms with Gasteiger partial charge in [-0.25, -0.2) is 5.43 Å². The predicted molar refractivity (Wildman–Crippen MR) is 101 cm³/mol. The van der Waals surface area contributed by atoms with Crippen LogP contribution < -0.4 is 10.2 Å². The Morgan fingerprint density at radius 2 is 2.04 bits per heavy atom. The third-order valence-electron chi connectivity index (χ3n) is 3.84. The maximum absolute atomic E-state index is 12.6. The Bertz CT molecular complexity index is 965. The largest absolute Gasteiger partial charge is 0.504 e. The average Bonchev–Trinajstić information content (AvgIpc) is 3.07. The van der Waals surface area contributed by atoms with Crippen LogP contribution >= 0.6 is 0 Å². The molecule has 0 aliphatic rings. The molecule has 138 valence electrons. The standard InChI is InChI=1S/C20H19N3O4/c1-3-26-16-11-7-10-15(19(16)24)12-21-22-20(25)17-13(2)27-23-18(17)14-8-5-4-6-9-14/h4-12,24H,3H2,1-2H3,(H,22,25). The fraction of sp³-hybridized carbons (Fsp3) is 0.150. The molecule has 27 heavy (non-hydrogen) atoms. The Hall–Kier alpha value is -3.61. The van der Waals surface area contributed by atoms with E-state index in [0.717, 1.165) is 5.56 Å². The molecule has 1 amide bonds. The Labute approximate surface area is 156 Å². The minimum atomic E-state index is -0.454. The van der Waals surface area contributed by atoms with Gasteiger partial charge in [0.25, 0.3) is 5.91 Å². The molecule has 0 saturated carbocycles. The fourth-order valence-electron chi connectivity index (χ4n) is 2.56. The topological polar surface area (TPSA) is 97.0 Å². The molecule has 0 unspecified atom stereocenters. The van der Waals surface area contributed by atoms with Gasteiger partial charge in [-0.3, -0.25) is 4.79 Å². The smallest absolute Gasteiger partial charge is 0.277 e. The van der Waals surface area contributed by atoms with Crippen LogP contribution in [0.1, 0.15) is 28.6 Å². The van der Waals surface area contributed by atoms with Crippen molar-refractivity contribution >= 4 is 12.1 Å². The van der Waals surface area contributed by atoms with Crippen molar-refractivity contribution in [3.05, 3.63) is 65.4 Å². The molecule has 3 rings (SSSR count). The van der Waals surface area contributed by atoms with Crippen LogP contribution in [0.2, 0.25) is 0 Å². The predicted octanol–water partition coefficient (Wildman–Crippen LogP) is 3.52. The molecule has 7 nitrogen and oxygen atoms in total. The molecule has 0 aliphatic carbocycles. The lowest BCUT2D eigenvalue weighted by molar-refractivity contribution is 0.0954. The van der Waals surface area contributed by atoms with E-state index in [2.05, 4.69) is 15.7 Å². The van der Waals surface area contributed by atoms with Gasteiger partial charge >= 0.3 is 0 Å². The lowest BCUT2D eigenvalue weighted by atomic mass is 10.1. The SMILES string of the molecule is CCOc1cccc(C=NNC(=O)c2c(-c3ccccc3)noc2C)c1O. The number of amides is 1. The molecule has 1 heterocycles. The van der Waals surface area contributed by atoms with E-state index in [-0.39, 0.29) is 5.75 Å². The molecule has 0 aliphatic heterocycles. The molecule has 0 spiro atoms. The number of benzene rings is 2. The lowest BCUT2D eigenvalue weighted by Crippen LogP contribution is -2.18. The van der Waals surface area contributed by atoms with Crippen molar-refractivity contribution in [2.75, 3.05) is 6.61 Å². The minimum Gasteiger partial charge on any atom is -0.504 e. The van der Waals surface area contributed by atoms with Gasteiger partial charge in [-0.15, -0.1) is 0 Å². The maximum Gasteiger partial charge on any atom is 0.277 e. The third kappa shape index (κ3) is 3.98. The van der Waals surface area contributed by atoms with Crippen molar-refractivity contribution in [3.63, 3.8) is 0 Å². The lowest BCUT2D eigenvalue weighted by Gasteiger charge is -2.07. The summed E-state index contributed by atoms with van der Waals surface area (Å²) >= 11 is 0.